The highest BCUT2D eigenvalue weighted by molar-refractivity contribution is 5.83. The molecule has 0 aliphatic rings. The number of nitrogens with one attached hydrogen (secondary N) is 1. The fourth-order valence-corrected chi connectivity index (χ4v) is 2.05. The van der Waals surface area contributed by atoms with E-state index in [4.69, 9.17) is 9.47 Å². The molecule has 0 saturated heterocycles. The van der Waals surface area contributed by atoms with Crippen molar-refractivity contribution >= 4 is 12.1 Å². The summed E-state index contributed by atoms with van der Waals surface area (Å²) in [6.07, 6.45) is 1.83. The van der Waals surface area contributed by atoms with Gasteiger partial charge in [0.2, 0.25) is 5.91 Å². The number of carbonyl (C=O) groups excluding carboxylic acids is 1. The van der Waals surface area contributed by atoms with Crippen LogP contribution >= 0.6 is 0 Å². The number of carbonyl (C=O) groups is 1. The van der Waals surface area contributed by atoms with Crippen LogP contribution in [0.1, 0.15) is 16.7 Å². The highest BCUT2D eigenvalue weighted by Gasteiger charge is 2.07. The summed E-state index contributed by atoms with van der Waals surface area (Å²) in [6, 6.07) is 13.3. The van der Waals surface area contributed by atoms with Crippen LogP contribution in [0.25, 0.3) is 0 Å². The van der Waals surface area contributed by atoms with Gasteiger partial charge in [-0.05, 0) is 30.2 Å². The summed E-state index contributed by atoms with van der Waals surface area (Å²) < 4.78 is 10.4. The molecule has 0 bridgehead atoms. The molecule has 2 rings (SSSR count). The van der Waals surface area contributed by atoms with Crippen LogP contribution in [-0.2, 0) is 11.2 Å². The maximum atomic E-state index is 11.9. The Labute approximate surface area is 135 Å². The van der Waals surface area contributed by atoms with Crippen LogP contribution in [0.15, 0.2) is 47.6 Å². The molecule has 5 nitrogen and oxygen atoms in total. The molecule has 0 heterocycles. The number of rotatable bonds is 6. The Bertz CT molecular complexity index is 694. The van der Waals surface area contributed by atoms with Gasteiger partial charge < -0.3 is 9.47 Å². The lowest BCUT2D eigenvalue weighted by Gasteiger charge is -2.09. The summed E-state index contributed by atoms with van der Waals surface area (Å²) in [4.78, 5) is 11.9. The molecule has 0 aliphatic heterocycles. The van der Waals surface area contributed by atoms with Crippen molar-refractivity contribution in [2.75, 3.05) is 14.2 Å². The largest absolute Gasteiger partial charge is 0.493 e. The van der Waals surface area contributed by atoms with E-state index in [9.17, 15) is 4.79 Å². The third-order valence-corrected chi connectivity index (χ3v) is 3.29. The van der Waals surface area contributed by atoms with Crippen molar-refractivity contribution in [3.05, 3.63) is 59.2 Å². The third kappa shape index (κ3) is 4.85. The van der Waals surface area contributed by atoms with Gasteiger partial charge in [0.25, 0.3) is 0 Å². The molecule has 5 heteroatoms. The molecule has 0 atom stereocenters. The Morgan fingerprint density at radius 3 is 2.43 bits per heavy atom. The maximum absolute atomic E-state index is 11.9. The number of nitrogens with zero attached hydrogens (tertiary/aromatic N) is 1. The highest BCUT2D eigenvalue weighted by atomic mass is 16.5. The first-order valence-corrected chi connectivity index (χ1v) is 7.22. The zero-order valence-corrected chi connectivity index (χ0v) is 13.5. The summed E-state index contributed by atoms with van der Waals surface area (Å²) in [5.41, 5.74) is 5.46. The van der Waals surface area contributed by atoms with Gasteiger partial charge in [-0.2, -0.15) is 5.10 Å². The second kappa shape index (κ2) is 7.98. The molecular weight excluding hydrogens is 292 g/mol. The zero-order valence-electron chi connectivity index (χ0n) is 13.5. The second-order valence-corrected chi connectivity index (χ2v) is 5.07. The maximum Gasteiger partial charge on any atom is 0.244 e. The van der Waals surface area contributed by atoms with E-state index in [0.717, 1.165) is 11.1 Å². The predicted octanol–water partition coefficient (Wildman–Crippen LogP) is 2.71. The van der Waals surface area contributed by atoms with Crippen LogP contribution in [0.2, 0.25) is 0 Å². The van der Waals surface area contributed by atoms with Gasteiger partial charge in [0.1, 0.15) is 0 Å². The van der Waals surface area contributed by atoms with Crippen LogP contribution in [-0.4, -0.2) is 26.3 Å². The van der Waals surface area contributed by atoms with Gasteiger partial charge in [-0.15, -0.1) is 0 Å². The van der Waals surface area contributed by atoms with Gasteiger partial charge in [0.05, 0.1) is 26.9 Å². The molecular formula is C18H20N2O3. The molecule has 2 aromatic rings. The van der Waals surface area contributed by atoms with E-state index in [1.807, 2.05) is 37.3 Å². The standard InChI is InChI=1S/C18H20N2O3/c1-13-4-6-14(7-5-13)12-19-20-18(21)11-15-8-9-16(22-2)17(10-15)23-3/h4-10,12H,11H2,1-3H3,(H,20,21)/b19-12-. The van der Waals surface area contributed by atoms with E-state index < -0.39 is 0 Å². The van der Waals surface area contributed by atoms with Crippen LogP contribution < -0.4 is 14.9 Å². The van der Waals surface area contributed by atoms with Gasteiger partial charge in [-0.3, -0.25) is 4.79 Å². The molecule has 23 heavy (non-hydrogen) atoms. The Morgan fingerprint density at radius 1 is 1.09 bits per heavy atom. The van der Waals surface area contributed by atoms with Gasteiger partial charge >= 0.3 is 0 Å². The lowest BCUT2D eigenvalue weighted by Crippen LogP contribution is -2.19. The lowest BCUT2D eigenvalue weighted by molar-refractivity contribution is -0.120. The average molecular weight is 312 g/mol. The first-order valence-electron chi connectivity index (χ1n) is 7.22. The smallest absolute Gasteiger partial charge is 0.244 e. The number of aryl methyl sites for hydroxylation is 1. The first kappa shape index (κ1) is 16.5. The van der Waals surface area contributed by atoms with E-state index in [1.165, 1.54) is 5.56 Å². The van der Waals surface area contributed by atoms with Crippen LogP contribution in [0, 0.1) is 6.92 Å². The van der Waals surface area contributed by atoms with Crippen molar-refractivity contribution in [1.29, 1.82) is 0 Å². The van der Waals surface area contributed by atoms with E-state index in [-0.39, 0.29) is 12.3 Å². The zero-order chi connectivity index (χ0) is 16.7. The lowest BCUT2D eigenvalue weighted by atomic mass is 10.1. The molecule has 0 radical (unpaired) electrons. The average Bonchev–Trinajstić information content (AvgIpc) is 2.56. The molecule has 120 valence electrons. The van der Waals surface area contributed by atoms with Gasteiger partial charge in [-0.25, -0.2) is 5.43 Å². The van der Waals surface area contributed by atoms with E-state index in [1.54, 1.807) is 32.6 Å². The molecule has 0 spiro atoms. The van der Waals surface area contributed by atoms with Crippen LogP contribution in [0.5, 0.6) is 11.5 Å². The monoisotopic (exact) mass is 312 g/mol. The quantitative estimate of drug-likeness (QED) is 0.659. The van der Waals surface area contributed by atoms with Crippen molar-refractivity contribution in [3.63, 3.8) is 0 Å². The summed E-state index contributed by atoms with van der Waals surface area (Å²) in [5.74, 6) is 1.04. The molecule has 2 aromatic carbocycles. The normalized spacial score (nSPS) is 10.6. The summed E-state index contributed by atoms with van der Waals surface area (Å²) in [5, 5.41) is 3.96. The van der Waals surface area contributed by atoms with Gasteiger partial charge in [0.15, 0.2) is 11.5 Å². The van der Waals surface area contributed by atoms with E-state index in [2.05, 4.69) is 10.5 Å². The SMILES string of the molecule is COc1ccc(CC(=O)N/N=C\c2ccc(C)cc2)cc1OC. The topological polar surface area (TPSA) is 59.9 Å². The fourth-order valence-electron chi connectivity index (χ4n) is 2.05. The molecule has 0 aliphatic carbocycles. The van der Waals surface area contributed by atoms with E-state index >= 15 is 0 Å². The number of ether oxygens (including phenoxy) is 2. The number of hydrazone groups is 1. The summed E-state index contributed by atoms with van der Waals surface area (Å²) >= 11 is 0. The predicted molar refractivity (Wildman–Crippen MR) is 90.2 cm³/mol. The molecule has 0 aromatic heterocycles. The Kier molecular flexibility index (Phi) is 5.74. The molecule has 0 saturated carbocycles. The van der Waals surface area contributed by atoms with Gasteiger partial charge in [-0.1, -0.05) is 35.9 Å². The van der Waals surface area contributed by atoms with E-state index in [0.29, 0.717) is 11.5 Å². The Morgan fingerprint density at radius 2 is 1.78 bits per heavy atom. The second-order valence-electron chi connectivity index (χ2n) is 5.07. The fraction of sp³-hybridized carbons (Fsp3) is 0.222. The van der Waals surface area contributed by atoms with Crippen molar-refractivity contribution < 1.29 is 14.3 Å². The Balaban J connectivity index is 1.93. The molecule has 1 amide bonds. The molecule has 1 N–H and O–H groups in total. The highest BCUT2D eigenvalue weighted by Crippen LogP contribution is 2.27. The minimum Gasteiger partial charge on any atom is -0.493 e. The van der Waals surface area contributed by atoms with Crippen LogP contribution in [0.3, 0.4) is 0 Å². The Hall–Kier alpha value is -2.82. The number of methoxy groups -OCH3 is 2. The van der Waals surface area contributed by atoms with Crippen molar-refractivity contribution in [3.8, 4) is 11.5 Å². The van der Waals surface area contributed by atoms with Gasteiger partial charge in [0, 0.05) is 0 Å². The first-order chi connectivity index (χ1) is 11.1. The number of hydrogen-bond acceptors (Lipinski definition) is 4. The summed E-state index contributed by atoms with van der Waals surface area (Å²) in [7, 11) is 3.14. The van der Waals surface area contributed by atoms with Crippen molar-refractivity contribution in [2.24, 2.45) is 5.10 Å². The summed E-state index contributed by atoms with van der Waals surface area (Å²) in [6.45, 7) is 2.02. The molecule has 0 fully saturated rings. The van der Waals surface area contributed by atoms with Crippen molar-refractivity contribution in [1.82, 2.24) is 5.43 Å². The minimum absolute atomic E-state index is 0.194. The number of amides is 1. The number of benzene rings is 2. The van der Waals surface area contributed by atoms with Crippen LogP contribution in [0.4, 0.5) is 0 Å². The molecule has 0 unspecified atom stereocenters. The third-order valence-electron chi connectivity index (χ3n) is 3.29. The minimum atomic E-state index is -0.194. The van der Waals surface area contributed by atoms with Crippen molar-refractivity contribution in [2.45, 2.75) is 13.3 Å². The number of hydrogen-bond donors (Lipinski definition) is 1.